The average Bonchev–Trinajstić information content (AvgIpc) is 2.48. The van der Waals surface area contributed by atoms with Crippen LogP contribution in [0, 0.1) is 6.92 Å². The summed E-state index contributed by atoms with van der Waals surface area (Å²) in [5.41, 5.74) is 0.768. The molecule has 0 aliphatic rings. The van der Waals surface area contributed by atoms with Crippen molar-refractivity contribution in [2.75, 3.05) is 0 Å². The molecular formula is C9H8BF3KN. The molecule has 0 bridgehead atoms. The van der Waals surface area contributed by atoms with Crippen LogP contribution in [0.15, 0.2) is 24.3 Å². The fourth-order valence-electron chi connectivity index (χ4n) is 1.51. The second kappa shape index (κ2) is 4.63. The first kappa shape index (κ1) is 13.3. The van der Waals surface area contributed by atoms with Crippen LogP contribution in [0.25, 0.3) is 10.9 Å². The average molecular weight is 237 g/mol. The van der Waals surface area contributed by atoms with Crippen LogP contribution in [0.2, 0.25) is 0 Å². The van der Waals surface area contributed by atoms with E-state index in [1.807, 2.05) is 0 Å². The number of para-hydroxylation sites is 1. The quantitative estimate of drug-likeness (QED) is 0.646. The normalized spacial score (nSPS) is 11.5. The van der Waals surface area contributed by atoms with Gasteiger partial charge in [-0.3, -0.25) is 0 Å². The molecule has 0 unspecified atom stereocenters. The number of aryl methyl sites for hydroxylation is 1. The minimum atomic E-state index is -4.93. The van der Waals surface area contributed by atoms with Gasteiger partial charge in [0.25, 0.3) is 0 Å². The van der Waals surface area contributed by atoms with Gasteiger partial charge in [0.05, 0.1) is 0 Å². The van der Waals surface area contributed by atoms with Crippen molar-refractivity contribution in [1.82, 2.24) is 4.98 Å². The summed E-state index contributed by atoms with van der Waals surface area (Å²) in [6.45, 7) is -3.14. The third-order valence-corrected chi connectivity index (χ3v) is 2.24. The maximum absolute atomic E-state index is 12.4. The first-order valence-corrected chi connectivity index (χ1v) is 4.26. The van der Waals surface area contributed by atoms with Gasteiger partial charge in [-0.2, -0.15) is 0 Å². The molecule has 2 aromatic rings. The van der Waals surface area contributed by atoms with Crippen molar-refractivity contribution in [2.24, 2.45) is 0 Å². The monoisotopic (exact) mass is 237 g/mol. The molecule has 2 rings (SSSR count). The van der Waals surface area contributed by atoms with E-state index in [0.717, 1.165) is 11.6 Å². The van der Waals surface area contributed by atoms with Gasteiger partial charge < -0.3 is 17.9 Å². The Balaban J connectivity index is 0.00000112. The van der Waals surface area contributed by atoms with E-state index in [-0.39, 0.29) is 51.4 Å². The van der Waals surface area contributed by atoms with Crippen LogP contribution in [0.3, 0.4) is 0 Å². The van der Waals surface area contributed by atoms with E-state index in [0.29, 0.717) is 10.9 Å². The zero-order chi connectivity index (χ0) is 10.3. The second-order valence-corrected chi connectivity index (χ2v) is 3.34. The number of H-pyrrole nitrogens is 1. The third-order valence-electron chi connectivity index (χ3n) is 2.24. The Hall–Kier alpha value is 0.251. The van der Waals surface area contributed by atoms with Gasteiger partial charge in [0, 0.05) is 5.52 Å². The molecule has 1 N–H and O–H groups in total. The Morgan fingerprint density at radius 3 is 2.40 bits per heavy atom. The minimum absolute atomic E-state index is 0. The van der Waals surface area contributed by atoms with E-state index in [2.05, 4.69) is 4.98 Å². The molecule has 74 valence electrons. The van der Waals surface area contributed by atoms with Crippen molar-refractivity contribution in [2.45, 2.75) is 6.92 Å². The van der Waals surface area contributed by atoms with E-state index in [1.165, 1.54) is 0 Å². The summed E-state index contributed by atoms with van der Waals surface area (Å²) < 4.78 is 37.2. The summed E-state index contributed by atoms with van der Waals surface area (Å²) in [6, 6.07) is 6.36. The molecule has 0 fully saturated rings. The van der Waals surface area contributed by atoms with Crippen LogP contribution in [0.1, 0.15) is 5.56 Å². The third kappa shape index (κ3) is 2.68. The number of rotatable bonds is 1. The number of nitrogens with one attached hydrogen (secondary N) is 1. The number of benzene rings is 1. The van der Waals surface area contributed by atoms with Crippen molar-refractivity contribution >= 4 is 23.5 Å². The fourth-order valence-corrected chi connectivity index (χ4v) is 1.51. The van der Waals surface area contributed by atoms with E-state index in [9.17, 15) is 12.9 Å². The summed E-state index contributed by atoms with van der Waals surface area (Å²) in [7, 11) is 0. The Morgan fingerprint density at radius 2 is 1.87 bits per heavy atom. The molecule has 1 nitrogen and oxygen atoms in total. The number of hydrogen-bond acceptors (Lipinski definition) is 0. The SMILES string of the molecule is Cc1cccc2cc([B-](F)(F)F)[nH]c12.[K+]. The van der Waals surface area contributed by atoms with Crippen LogP contribution in [0.5, 0.6) is 0 Å². The molecule has 0 saturated carbocycles. The van der Waals surface area contributed by atoms with Crippen molar-refractivity contribution in [1.29, 1.82) is 0 Å². The largest absolute Gasteiger partial charge is 1.00 e. The Morgan fingerprint density at radius 1 is 1.20 bits per heavy atom. The van der Waals surface area contributed by atoms with Gasteiger partial charge in [-0.1, -0.05) is 24.3 Å². The van der Waals surface area contributed by atoms with Gasteiger partial charge in [0.1, 0.15) is 0 Å². The van der Waals surface area contributed by atoms with Crippen molar-refractivity contribution in [3.63, 3.8) is 0 Å². The molecule has 0 radical (unpaired) electrons. The molecule has 0 spiro atoms. The van der Waals surface area contributed by atoms with Crippen LogP contribution < -0.4 is 57.0 Å². The summed E-state index contributed by atoms with van der Waals surface area (Å²) >= 11 is 0. The summed E-state index contributed by atoms with van der Waals surface area (Å²) in [4.78, 5) is 2.41. The molecule has 0 saturated heterocycles. The van der Waals surface area contributed by atoms with E-state index in [4.69, 9.17) is 0 Å². The molecule has 0 aliphatic heterocycles. The first-order valence-electron chi connectivity index (χ1n) is 4.26. The maximum Gasteiger partial charge on any atom is 1.00 e. The molecule has 15 heavy (non-hydrogen) atoms. The van der Waals surface area contributed by atoms with Gasteiger partial charge >= 0.3 is 58.4 Å². The number of aromatic nitrogens is 1. The van der Waals surface area contributed by atoms with Gasteiger partial charge in [-0.25, -0.2) is 0 Å². The van der Waals surface area contributed by atoms with Crippen molar-refractivity contribution in [3.05, 3.63) is 29.8 Å². The molecular weight excluding hydrogens is 229 g/mol. The summed E-state index contributed by atoms with van der Waals surface area (Å²) in [6.07, 6.45) is 0. The van der Waals surface area contributed by atoms with E-state index >= 15 is 0 Å². The van der Waals surface area contributed by atoms with Gasteiger partial charge in [0.2, 0.25) is 0 Å². The molecule has 0 atom stereocenters. The molecule has 0 aliphatic carbocycles. The molecule has 6 heteroatoms. The van der Waals surface area contributed by atoms with Crippen molar-refractivity contribution < 1.29 is 64.3 Å². The topological polar surface area (TPSA) is 15.8 Å². The zero-order valence-corrected chi connectivity index (χ0v) is 11.6. The van der Waals surface area contributed by atoms with Crippen LogP contribution in [-0.4, -0.2) is 12.0 Å². The van der Waals surface area contributed by atoms with Gasteiger partial charge in [0.15, 0.2) is 0 Å². The first-order chi connectivity index (χ1) is 6.48. The Bertz CT molecular complexity index is 478. The zero-order valence-electron chi connectivity index (χ0n) is 8.52. The summed E-state index contributed by atoms with van der Waals surface area (Å²) in [5, 5.41) is 0.610. The number of halogens is 3. The fraction of sp³-hybridized carbons (Fsp3) is 0.111. The smallest absolute Gasteiger partial charge is 0.444 e. The van der Waals surface area contributed by atoms with Crippen LogP contribution in [0.4, 0.5) is 12.9 Å². The molecule has 1 aromatic carbocycles. The number of aromatic amines is 1. The number of hydrogen-bond donors (Lipinski definition) is 1. The van der Waals surface area contributed by atoms with E-state index < -0.39 is 12.6 Å². The second-order valence-electron chi connectivity index (χ2n) is 3.34. The van der Waals surface area contributed by atoms with Gasteiger partial charge in [-0.05, 0) is 23.5 Å². The predicted octanol–water partition coefficient (Wildman–Crippen LogP) is -0.465. The Labute approximate surface area is 128 Å². The predicted molar refractivity (Wildman–Crippen MR) is 51.7 cm³/mol. The van der Waals surface area contributed by atoms with Crippen LogP contribution >= 0.6 is 0 Å². The Kier molecular flexibility index (Phi) is 4.11. The minimum Gasteiger partial charge on any atom is -0.444 e. The number of fused-ring (bicyclic) bond motifs is 1. The molecule has 0 amide bonds. The molecule has 1 aromatic heterocycles. The van der Waals surface area contributed by atoms with Gasteiger partial charge in [-0.15, -0.1) is 0 Å². The van der Waals surface area contributed by atoms with Crippen molar-refractivity contribution in [3.8, 4) is 0 Å². The molecule has 1 heterocycles. The standard InChI is InChI=1S/C9H8BF3N.K/c1-6-3-2-4-7-5-8(10(11,12)13)14-9(6)7;/h2-5,14H,1H3;/q-1;+1. The van der Waals surface area contributed by atoms with E-state index in [1.54, 1.807) is 25.1 Å². The maximum atomic E-state index is 12.4. The van der Waals surface area contributed by atoms with Crippen LogP contribution in [-0.2, 0) is 0 Å². The summed E-state index contributed by atoms with van der Waals surface area (Å²) in [5.74, 6) is 0.